The fourth-order valence-corrected chi connectivity index (χ4v) is 2.80. The molecule has 0 amide bonds. The Morgan fingerprint density at radius 3 is 2.37 bits per heavy atom. The van der Waals surface area contributed by atoms with E-state index in [0.717, 1.165) is 13.2 Å². The number of methoxy groups -OCH3 is 1. The molecule has 0 bridgehead atoms. The molecule has 0 aliphatic rings. The van der Waals surface area contributed by atoms with Gasteiger partial charge in [-0.05, 0) is 38.4 Å². The summed E-state index contributed by atoms with van der Waals surface area (Å²) in [6, 6.07) is 9.17. The van der Waals surface area contributed by atoms with Gasteiger partial charge in [0.15, 0.2) is 0 Å². The average Bonchev–Trinajstić information content (AvgIpc) is 2.36. The highest BCUT2D eigenvalue weighted by molar-refractivity contribution is 5.30. The Hall–Kier alpha value is -0.900. The van der Waals surface area contributed by atoms with E-state index in [1.807, 2.05) is 0 Å². The van der Waals surface area contributed by atoms with Gasteiger partial charge in [0.1, 0.15) is 0 Å². The minimum absolute atomic E-state index is 0.0837. The Balaban J connectivity index is 3.08. The van der Waals surface area contributed by atoms with Gasteiger partial charge < -0.3 is 10.5 Å². The lowest BCUT2D eigenvalue weighted by molar-refractivity contribution is 0.0652. The predicted molar refractivity (Wildman–Crippen MR) is 81.3 cm³/mol. The van der Waals surface area contributed by atoms with Crippen molar-refractivity contribution in [3.63, 3.8) is 0 Å². The van der Waals surface area contributed by atoms with E-state index >= 15 is 0 Å². The topological polar surface area (TPSA) is 38.5 Å². The number of nitrogens with zero attached hydrogens (tertiary/aromatic N) is 1. The molecule has 0 aliphatic carbocycles. The van der Waals surface area contributed by atoms with Crippen molar-refractivity contribution in [3.8, 4) is 0 Å². The number of benzene rings is 1. The van der Waals surface area contributed by atoms with E-state index in [1.165, 1.54) is 11.1 Å². The SMILES string of the molecule is CCN(C(C)COC)C(c1ccccc1C)C(C)N. The lowest BCUT2D eigenvalue weighted by Crippen LogP contribution is -2.45. The summed E-state index contributed by atoms with van der Waals surface area (Å²) in [4.78, 5) is 2.43. The molecule has 0 fully saturated rings. The summed E-state index contributed by atoms with van der Waals surface area (Å²) in [6.45, 7) is 10.3. The van der Waals surface area contributed by atoms with Gasteiger partial charge in [0.25, 0.3) is 0 Å². The second kappa shape index (κ2) is 7.63. The standard InChI is InChI=1S/C16H28N2O/c1-6-18(13(3)11-19-5)16(14(4)17)15-10-8-7-9-12(15)2/h7-10,13-14,16H,6,11,17H2,1-5H3. The first-order chi connectivity index (χ1) is 9.02. The van der Waals surface area contributed by atoms with Crippen LogP contribution >= 0.6 is 0 Å². The van der Waals surface area contributed by atoms with Crippen molar-refractivity contribution in [1.29, 1.82) is 0 Å². The molecule has 0 saturated carbocycles. The number of likely N-dealkylation sites (N-methyl/N-ethyl adjacent to an activating group) is 1. The van der Waals surface area contributed by atoms with E-state index in [1.54, 1.807) is 7.11 Å². The number of aryl methyl sites for hydroxylation is 1. The summed E-state index contributed by atoms with van der Waals surface area (Å²) in [5, 5.41) is 0. The molecule has 3 atom stereocenters. The molecule has 3 unspecified atom stereocenters. The van der Waals surface area contributed by atoms with Gasteiger partial charge >= 0.3 is 0 Å². The van der Waals surface area contributed by atoms with E-state index < -0.39 is 0 Å². The van der Waals surface area contributed by atoms with Crippen LogP contribution in [0.15, 0.2) is 24.3 Å². The second-order valence-electron chi connectivity index (χ2n) is 5.30. The van der Waals surface area contributed by atoms with Crippen molar-refractivity contribution in [2.45, 2.75) is 45.8 Å². The smallest absolute Gasteiger partial charge is 0.0615 e. The summed E-state index contributed by atoms with van der Waals surface area (Å²) in [5.41, 5.74) is 8.89. The normalized spacial score (nSPS) is 16.4. The fraction of sp³-hybridized carbons (Fsp3) is 0.625. The van der Waals surface area contributed by atoms with Crippen molar-refractivity contribution in [2.75, 3.05) is 20.3 Å². The average molecular weight is 264 g/mol. The number of ether oxygens (including phenoxy) is 1. The van der Waals surface area contributed by atoms with Gasteiger partial charge in [0.2, 0.25) is 0 Å². The molecule has 0 heterocycles. The molecule has 1 rings (SSSR count). The molecule has 1 aromatic carbocycles. The van der Waals surface area contributed by atoms with Crippen LogP contribution in [0, 0.1) is 6.92 Å². The van der Waals surface area contributed by atoms with E-state index in [2.05, 4.69) is 56.9 Å². The Labute approximate surface area is 117 Å². The predicted octanol–water partition coefficient (Wildman–Crippen LogP) is 2.74. The number of hydrogen-bond acceptors (Lipinski definition) is 3. The highest BCUT2D eigenvalue weighted by atomic mass is 16.5. The summed E-state index contributed by atoms with van der Waals surface area (Å²) in [7, 11) is 1.75. The fourth-order valence-electron chi connectivity index (χ4n) is 2.80. The van der Waals surface area contributed by atoms with E-state index in [-0.39, 0.29) is 12.1 Å². The van der Waals surface area contributed by atoms with Crippen LogP contribution < -0.4 is 5.73 Å². The Morgan fingerprint density at radius 2 is 1.89 bits per heavy atom. The monoisotopic (exact) mass is 264 g/mol. The highest BCUT2D eigenvalue weighted by Gasteiger charge is 2.27. The van der Waals surface area contributed by atoms with Crippen molar-refractivity contribution in [3.05, 3.63) is 35.4 Å². The zero-order valence-electron chi connectivity index (χ0n) is 12.9. The summed E-state index contributed by atoms with van der Waals surface area (Å²) in [6.07, 6.45) is 0. The quantitative estimate of drug-likeness (QED) is 0.823. The largest absolute Gasteiger partial charge is 0.383 e. The number of nitrogens with two attached hydrogens (primary N) is 1. The van der Waals surface area contributed by atoms with Crippen molar-refractivity contribution in [1.82, 2.24) is 4.90 Å². The molecule has 108 valence electrons. The molecule has 2 N–H and O–H groups in total. The number of hydrogen-bond donors (Lipinski definition) is 1. The van der Waals surface area contributed by atoms with Crippen LogP contribution in [0.2, 0.25) is 0 Å². The second-order valence-corrected chi connectivity index (χ2v) is 5.30. The summed E-state index contributed by atoms with van der Waals surface area (Å²) >= 11 is 0. The van der Waals surface area contributed by atoms with E-state index in [9.17, 15) is 0 Å². The Morgan fingerprint density at radius 1 is 1.26 bits per heavy atom. The minimum atomic E-state index is 0.0837. The van der Waals surface area contributed by atoms with Gasteiger partial charge in [-0.3, -0.25) is 4.90 Å². The molecule has 3 nitrogen and oxygen atoms in total. The highest BCUT2D eigenvalue weighted by Crippen LogP contribution is 2.28. The van der Waals surface area contributed by atoms with Gasteiger partial charge in [-0.1, -0.05) is 31.2 Å². The molecular weight excluding hydrogens is 236 g/mol. The molecule has 0 aliphatic heterocycles. The lowest BCUT2D eigenvalue weighted by Gasteiger charge is -2.38. The number of rotatable bonds is 7. The first kappa shape index (κ1) is 16.2. The third-order valence-corrected chi connectivity index (χ3v) is 3.70. The molecule has 3 heteroatoms. The van der Waals surface area contributed by atoms with Gasteiger partial charge in [0.05, 0.1) is 12.6 Å². The van der Waals surface area contributed by atoms with Crippen LogP contribution in [0.1, 0.15) is 37.9 Å². The Bertz CT molecular complexity index is 379. The van der Waals surface area contributed by atoms with Gasteiger partial charge in [-0.15, -0.1) is 0 Å². The molecule has 1 aromatic rings. The van der Waals surface area contributed by atoms with Crippen LogP contribution in [0.3, 0.4) is 0 Å². The summed E-state index contributed by atoms with van der Waals surface area (Å²) in [5.74, 6) is 0. The molecule has 0 aromatic heterocycles. The van der Waals surface area contributed by atoms with Crippen LogP contribution in [0.5, 0.6) is 0 Å². The maximum atomic E-state index is 6.27. The van der Waals surface area contributed by atoms with E-state index in [4.69, 9.17) is 10.5 Å². The lowest BCUT2D eigenvalue weighted by atomic mass is 9.94. The van der Waals surface area contributed by atoms with Crippen molar-refractivity contribution >= 4 is 0 Å². The third-order valence-electron chi connectivity index (χ3n) is 3.70. The van der Waals surface area contributed by atoms with Crippen molar-refractivity contribution < 1.29 is 4.74 Å². The van der Waals surface area contributed by atoms with Crippen LogP contribution in [-0.4, -0.2) is 37.2 Å². The van der Waals surface area contributed by atoms with E-state index in [0.29, 0.717) is 6.04 Å². The van der Waals surface area contributed by atoms with Gasteiger partial charge in [-0.25, -0.2) is 0 Å². The third kappa shape index (κ3) is 4.03. The first-order valence-electron chi connectivity index (χ1n) is 7.08. The maximum absolute atomic E-state index is 6.27. The molecular formula is C16H28N2O. The Kier molecular flexibility index (Phi) is 6.49. The summed E-state index contributed by atoms with van der Waals surface area (Å²) < 4.78 is 5.30. The first-order valence-corrected chi connectivity index (χ1v) is 7.08. The minimum Gasteiger partial charge on any atom is -0.383 e. The molecule has 0 radical (unpaired) electrons. The molecule has 0 spiro atoms. The zero-order chi connectivity index (χ0) is 14.4. The van der Waals surface area contributed by atoms with Gasteiger partial charge in [0, 0.05) is 19.2 Å². The van der Waals surface area contributed by atoms with Crippen LogP contribution in [0.4, 0.5) is 0 Å². The van der Waals surface area contributed by atoms with Gasteiger partial charge in [-0.2, -0.15) is 0 Å². The molecule has 0 saturated heterocycles. The van der Waals surface area contributed by atoms with Crippen LogP contribution in [-0.2, 0) is 4.74 Å². The van der Waals surface area contributed by atoms with Crippen molar-refractivity contribution in [2.24, 2.45) is 5.73 Å². The van der Waals surface area contributed by atoms with Crippen LogP contribution in [0.25, 0.3) is 0 Å². The maximum Gasteiger partial charge on any atom is 0.0615 e. The zero-order valence-corrected chi connectivity index (χ0v) is 12.9. The molecule has 19 heavy (non-hydrogen) atoms.